The highest BCUT2D eigenvalue weighted by Gasteiger charge is 2.30. The fourth-order valence-electron chi connectivity index (χ4n) is 1.77. The van der Waals surface area contributed by atoms with E-state index in [1.807, 2.05) is 20.8 Å². The van der Waals surface area contributed by atoms with Crippen LogP contribution in [-0.2, 0) is 9.53 Å². The summed E-state index contributed by atoms with van der Waals surface area (Å²) in [5.41, 5.74) is -0.106. The summed E-state index contributed by atoms with van der Waals surface area (Å²) in [7, 11) is 0. The van der Waals surface area contributed by atoms with Crippen molar-refractivity contribution in [3.8, 4) is 0 Å². The van der Waals surface area contributed by atoms with Gasteiger partial charge in [-0.15, -0.1) is 0 Å². The first-order valence-electron chi connectivity index (χ1n) is 6.84. The molecule has 1 amide bonds. The number of furan rings is 1. The van der Waals surface area contributed by atoms with Crippen LogP contribution < -0.4 is 5.32 Å². The number of hydrogen-bond donors (Lipinski definition) is 1. The molecule has 1 unspecified atom stereocenters. The van der Waals surface area contributed by atoms with Crippen molar-refractivity contribution >= 4 is 11.9 Å². The van der Waals surface area contributed by atoms with Gasteiger partial charge in [-0.05, 0) is 45.0 Å². The molecule has 2 heterocycles. The Hall–Kier alpha value is -2.63. The Morgan fingerprint density at radius 3 is 2.55 bits per heavy atom. The van der Waals surface area contributed by atoms with E-state index in [4.69, 9.17) is 9.15 Å². The lowest BCUT2D eigenvalue weighted by Gasteiger charge is -2.24. The summed E-state index contributed by atoms with van der Waals surface area (Å²) in [5, 5.41) is 2.78. The van der Waals surface area contributed by atoms with Gasteiger partial charge in [-0.1, -0.05) is 6.07 Å². The second-order valence-corrected chi connectivity index (χ2v) is 5.76. The number of amides is 1. The van der Waals surface area contributed by atoms with E-state index in [0.29, 0.717) is 5.69 Å². The minimum Gasteiger partial charge on any atom is -0.457 e. The highest BCUT2D eigenvalue weighted by molar-refractivity contribution is 5.90. The molecule has 2 rings (SSSR count). The average Bonchev–Trinajstić information content (AvgIpc) is 2.97. The van der Waals surface area contributed by atoms with E-state index in [2.05, 4.69) is 10.3 Å². The van der Waals surface area contributed by atoms with Gasteiger partial charge in [0.25, 0.3) is 5.91 Å². The summed E-state index contributed by atoms with van der Waals surface area (Å²) in [5.74, 6) is -1.12. The smallest absolute Gasteiger partial charge is 0.375 e. The fourth-order valence-corrected chi connectivity index (χ4v) is 1.77. The van der Waals surface area contributed by atoms with Crippen molar-refractivity contribution in [1.29, 1.82) is 0 Å². The number of esters is 1. The van der Waals surface area contributed by atoms with E-state index in [1.54, 1.807) is 24.3 Å². The Kier molecular flexibility index (Phi) is 4.60. The van der Waals surface area contributed by atoms with Crippen LogP contribution >= 0.6 is 0 Å². The number of carbonyl (C=O) groups excluding carboxylic acids is 2. The average molecular weight is 302 g/mol. The lowest BCUT2D eigenvalue weighted by Crippen LogP contribution is -2.44. The van der Waals surface area contributed by atoms with Gasteiger partial charge in [-0.2, -0.15) is 0 Å². The maximum atomic E-state index is 12.4. The molecule has 0 aliphatic carbocycles. The number of nitrogens with zero attached hydrogens (tertiary/aromatic N) is 1. The molecule has 1 atom stereocenters. The highest BCUT2D eigenvalue weighted by Crippen LogP contribution is 2.19. The summed E-state index contributed by atoms with van der Waals surface area (Å²) in [6.45, 7) is 5.53. The Morgan fingerprint density at radius 1 is 1.23 bits per heavy atom. The summed E-state index contributed by atoms with van der Waals surface area (Å²) in [4.78, 5) is 28.5. The van der Waals surface area contributed by atoms with Crippen LogP contribution in [0.3, 0.4) is 0 Å². The molecule has 2 aromatic heterocycles. The minimum atomic E-state index is -1.14. The van der Waals surface area contributed by atoms with Gasteiger partial charge in [-0.3, -0.25) is 9.78 Å². The molecule has 1 N–H and O–H groups in total. The van der Waals surface area contributed by atoms with Gasteiger partial charge in [-0.25, -0.2) is 4.79 Å². The molecule has 0 saturated heterocycles. The van der Waals surface area contributed by atoms with Gasteiger partial charge in [0.1, 0.15) is 0 Å². The second-order valence-electron chi connectivity index (χ2n) is 5.76. The third-order valence-corrected chi connectivity index (χ3v) is 2.64. The quantitative estimate of drug-likeness (QED) is 0.877. The highest BCUT2D eigenvalue weighted by atomic mass is 16.6. The van der Waals surface area contributed by atoms with Gasteiger partial charge in [0.05, 0.1) is 12.0 Å². The van der Waals surface area contributed by atoms with Crippen LogP contribution in [0, 0.1) is 0 Å². The number of pyridine rings is 1. The first-order valence-corrected chi connectivity index (χ1v) is 6.84. The molecule has 0 aromatic carbocycles. The molecule has 0 fully saturated rings. The number of carbonyl (C=O) groups is 2. The third kappa shape index (κ3) is 4.18. The van der Waals surface area contributed by atoms with Crippen LogP contribution in [-0.4, -0.2) is 22.4 Å². The maximum absolute atomic E-state index is 12.4. The molecule has 0 bridgehead atoms. The lowest BCUT2D eigenvalue weighted by atomic mass is 10.1. The number of ether oxygens (including phenoxy) is 1. The molecule has 0 spiro atoms. The van der Waals surface area contributed by atoms with Crippen molar-refractivity contribution in [1.82, 2.24) is 10.3 Å². The number of aromatic nitrogens is 1. The van der Waals surface area contributed by atoms with Crippen molar-refractivity contribution in [3.63, 3.8) is 0 Å². The summed E-state index contributed by atoms with van der Waals surface area (Å²) in [6.07, 6.45) is 1.76. The first-order chi connectivity index (χ1) is 10.4. The van der Waals surface area contributed by atoms with Crippen molar-refractivity contribution in [2.24, 2.45) is 0 Å². The van der Waals surface area contributed by atoms with Gasteiger partial charge in [0.15, 0.2) is 0 Å². The van der Waals surface area contributed by atoms with Crippen molar-refractivity contribution in [2.75, 3.05) is 0 Å². The van der Waals surface area contributed by atoms with E-state index in [9.17, 15) is 9.59 Å². The summed E-state index contributed by atoms with van der Waals surface area (Å²) >= 11 is 0. The molecule has 22 heavy (non-hydrogen) atoms. The van der Waals surface area contributed by atoms with Gasteiger partial charge in [0, 0.05) is 11.7 Å². The van der Waals surface area contributed by atoms with Crippen molar-refractivity contribution in [3.05, 3.63) is 54.2 Å². The Morgan fingerprint density at radius 2 is 2.00 bits per heavy atom. The standard InChI is InChI=1S/C16H18N2O4/c1-16(2,3)18-14(19)13(11-7-4-5-9-17-11)22-15(20)12-8-6-10-21-12/h4-10,13H,1-3H3,(H,18,19). The number of nitrogens with one attached hydrogen (secondary N) is 1. The van der Waals surface area contributed by atoms with E-state index >= 15 is 0 Å². The normalized spacial score (nSPS) is 12.5. The minimum absolute atomic E-state index is 0.0319. The molecular formula is C16H18N2O4. The fraction of sp³-hybridized carbons (Fsp3) is 0.312. The largest absolute Gasteiger partial charge is 0.457 e. The number of rotatable bonds is 4. The zero-order chi connectivity index (χ0) is 16.2. The molecule has 6 heteroatoms. The van der Waals surface area contributed by atoms with Gasteiger partial charge >= 0.3 is 5.97 Å². The molecule has 2 aromatic rings. The van der Waals surface area contributed by atoms with Crippen LogP contribution in [0.4, 0.5) is 0 Å². The molecule has 116 valence electrons. The van der Waals surface area contributed by atoms with Crippen LogP contribution in [0.1, 0.15) is 43.1 Å². The molecule has 0 aliphatic heterocycles. The monoisotopic (exact) mass is 302 g/mol. The van der Waals surface area contributed by atoms with Crippen molar-refractivity contribution in [2.45, 2.75) is 32.4 Å². The molecule has 0 radical (unpaired) electrons. The maximum Gasteiger partial charge on any atom is 0.375 e. The predicted molar refractivity (Wildman–Crippen MR) is 79.0 cm³/mol. The van der Waals surface area contributed by atoms with Crippen molar-refractivity contribution < 1.29 is 18.7 Å². The summed E-state index contributed by atoms with van der Waals surface area (Å²) < 4.78 is 10.3. The predicted octanol–water partition coefficient (Wildman–Crippen LogP) is 2.49. The van der Waals surface area contributed by atoms with E-state index in [1.165, 1.54) is 18.5 Å². The lowest BCUT2D eigenvalue weighted by molar-refractivity contribution is -0.132. The Balaban J connectivity index is 2.22. The van der Waals surface area contributed by atoms with Gasteiger partial charge < -0.3 is 14.5 Å². The van der Waals surface area contributed by atoms with E-state index in [-0.39, 0.29) is 5.76 Å². The molecular weight excluding hydrogens is 284 g/mol. The SMILES string of the molecule is CC(C)(C)NC(=O)C(OC(=O)c1ccco1)c1ccccn1. The topological polar surface area (TPSA) is 81.4 Å². The Labute approximate surface area is 128 Å². The zero-order valence-corrected chi connectivity index (χ0v) is 12.7. The van der Waals surface area contributed by atoms with Crippen LogP contribution in [0.25, 0.3) is 0 Å². The van der Waals surface area contributed by atoms with Crippen LogP contribution in [0.15, 0.2) is 47.2 Å². The van der Waals surface area contributed by atoms with Gasteiger partial charge in [0.2, 0.25) is 11.9 Å². The molecule has 0 saturated carbocycles. The Bertz CT molecular complexity index is 630. The summed E-state index contributed by atoms with van der Waals surface area (Å²) in [6, 6.07) is 8.11. The first kappa shape index (κ1) is 15.8. The zero-order valence-electron chi connectivity index (χ0n) is 12.7. The van der Waals surface area contributed by atoms with E-state index in [0.717, 1.165) is 0 Å². The third-order valence-electron chi connectivity index (χ3n) is 2.64. The molecule has 6 nitrogen and oxygen atoms in total. The second kappa shape index (κ2) is 6.43. The molecule has 0 aliphatic rings. The van der Waals surface area contributed by atoms with E-state index < -0.39 is 23.5 Å². The number of hydrogen-bond acceptors (Lipinski definition) is 5. The van der Waals surface area contributed by atoms with Crippen LogP contribution in [0.2, 0.25) is 0 Å². The van der Waals surface area contributed by atoms with Crippen LogP contribution in [0.5, 0.6) is 0 Å².